The molecule has 206 valence electrons. The van der Waals surface area contributed by atoms with Crippen molar-refractivity contribution in [3.63, 3.8) is 0 Å². The van der Waals surface area contributed by atoms with E-state index in [-0.39, 0.29) is 24.6 Å². The Morgan fingerprint density at radius 3 is 2.22 bits per heavy atom. The molecule has 5 heteroatoms. The molecule has 0 fully saturated rings. The fraction of sp³-hybridized carbons (Fsp3) is 0. The molecule has 0 saturated heterocycles. The van der Waals surface area contributed by atoms with E-state index in [9.17, 15) is 5.11 Å². The van der Waals surface area contributed by atoms with E-state index >= 15 is 0 Å². The van der Waals surface area contributed by atoms with Crippen LogP contribution in [0.3, 0.4) is 0 Å². The molecular weight excluding hydrogens is 545 g/mol. The molecule has 0 radical (unpaired) electrons. The maximum absolute atomic E-state index is 13.9. The first-order valence-electron chi connectivity index (χ1n) is 14.8. The van der Waals surface area contributed by atoms with Gasteiger partial charge in [-0.3, -0.25) is 4.57 Å². The molecule has 9 rings (SSSR count). The Kier molecular flexibility index (Phi) is 6.43. The van der Waals surface area contributed by atoms with Crippen LogP contribution < -0.4 is 29.0 Å². The Balaban J connectivity index is 0.00000300. The zero-order valence-corrected chi connectivity index (χ0v) is 24.7. The average Bonchev–Trinajstić information content (AvgIpc) is 3.47. The summed E-state index contributed by atoms with van der Waals surface area (Å²) in [5.74, 6) is 0.904. The van der Waals surface area contributed by atoms with Gasteiger partial charge in [0.2, 0.25) is 5.52 Å². The van der Waals surface area contributed by atoms with Gasteiger partial charge in [-0.1, -0.05) is 91.0 Å². The van der Waals surface area contributed by atoms with Crippen LogP contribution in [-0.2, 0) is 0 Å². The second-order valence-corrected chi connectivity index (χ2v) is 11.2. The molecule has 7 aromatic carbocycles. The summed E-state index contributed by atoms with van der Waals surface area (Å²) in [6, 6.07) is 48.0. The second-order valence-electron chi connectivity index (χ2n) is 11.2. The van der Waals surface area contributed by atoms with Crippen molar-refractivity contribution >= 4 is 54.3 Å². The fourth-order valence-electron chi connectivity index (χ4n) is 6.80. The number of H-pyrrole nitrogens is 1. The van der Waals surface area contributed by atoms with Gasteiger partial charge in [0.15, 0.2) is 6.20 Å². The molecule has 0 aliphatic heterocycles. The molecule has 0 aliphatic carbocycles. The van der Waals surface area contributed by atoms with Crippen LogP contribution in [0, 0.1) is 0 Å². The monoisotopic (exact) mass is 570 g/mol. The smallest absolute Gasteiger partial charge is 0.868 e. The van der Waals surface area contributed by atoms with Gasteiger partial charge in [0.1, 0.15) is 5.82 Å². The van der Waals surface area contributed by atoms with Gasteiger partial charge in [0.25, 0.3) is 0 Å². The van der Waals surface area contributed by atoms with E-state index in [0.717, 1.165) is 71.4 Å². The summed E-state index contributed by atoms with van der Waals surface area (Å²) in [7, 11) is 0. The van der Waals surface area contributed by atoms with Gasteiger partial charge < -0.3 is 5.11 Å². The van der Waals surface area contributed by atoms with Crippen molar-refractivity contribution in [2.75, 3.05) is 0 Å². The summed E-state index contributed by atoms with van der Waals surface area (Å²) >= 11 is 0. The zero-order valence-electron chi connectivity index (χ0n) is 24.7. The number of imidazole rings is 1. The van der Waals surface area contributed by atoms with Crippen molar-refractivity contribution in [1.29, 1.82) is 0 Å². The Morgan fingerprint density at radius 2 is 1.31 bits per heavy atom. The average molecular weight is 571 g/mol. The van der Waals surface area contributed by atoms with Crippen LogP contribution in [0.4, 0.5) is 0 Å². The molecule has 9 aromatic rings. The molecule has 0 aliphatic rings. The number of rotatable bonds is 3. The number of nitrogens with one attached hydrogen (secondary N) is 1. The normalized spacial score (nSPS) is 11.5. The molecule has 4 nitrogen and oxygen atoms in total. The van der Waals surface area contributed by atoms with Crippen LogP contribution in [0.15, 0.2) is 146 Å². The van der Waals surface area contributed by atoms with Crippen molar-refractivity contribution in [2.24, 2.45) is 0 Å². The van der Waals surface area contributed by atoms with Gasteiger partial charge in [-0.25, -0.2) is 9.97 Å². The Bertz CT molecular complexity index is 2570. The van der Waals surface area contributed by atoms with Gasteiger partial charge in [-0.15, -0.1) is 0 Å². The number of aromatic amines is 1. The van der Waals surface area contributed by atoms with E-state index in [0.29, 0.717) is 11.1 Å². The minimum atomic E-state index is 0. The third kappa shape index (κ3) is 4.15. The molecule has 0 unspecified atom stereocenters. The first kappa shape index (κ1) is 27.2. The van der Waals surface area contributed by atoms with E-state index in [4.69, 9.17) is 4.98 Å². The number of para-hydroxylation sites is 3. The van der Waals surface area contributed by atoms with Crippen LogP contribution in [-0.4, -0.2) is 9.55 Å². The summed E-state index contributed by atoms with van der Waals surface area (Å²) in [6.45, 7) is 0. The number of hydrogen-bond acceptors (Lipinski definition) is 2. The molecule has 0 bridgehead atoms. The van der Waals surface area contributed by atoms with Crippen molar-refractivity contribution in [1.82, 2.24) is 9.55 Å². The predicted molar refractivity (Wildman–Crippen MR) is 178 cm³/mol. The molecule has 0 saturated carbocycles. The third-order valence-corrected chi connectivity index (χ3v) is 8.78. The topological polar surface area (TPSA) is 55.0 Å². The Labute approximate surface area is 271 Å². The van der Waals surface area contributed by atoms with Crippen molar-refractivity contribution in [3.05, 3.63) is 146 Å². The van der Waals surface area contributed by atoms with Gasteiger partial charge in [-0.05, 0) is 91.7 Å². The van der Waals surface area contributed by atoms with Gasteiger partial charge in [0.05, 0.1) is 11.0 Å². The summed E-state index contributed by atoms with van der Waals surface area (Å²) < 4.78 is 2.25. The van der Waals surface area contributed by atoms with Crippen molar-refractivity contribution in [2.45, 2.75) is 0 Å². The van der Waals surface area contributed by atoms with Crippen LogP contribution >= 0.6 is 0 Å². The molecule has 2 heterocycles. The van der Waals surface area contributed by atoms with E-state index < -0.39 is 0 Å². The summed E-state index contributed by atoms with van der Waals surface area (Å²) in [5.41, 5.74) is 6.43. The Morgan fingerprint density at radius 1 is 0.556 bits per heavy atom. The van der Waals surface area contributed by atoms with Crippen LogP contribution in [0.5, 0.6) is 5.75 Å². The van der Waals surface area contributed by atoms with Crippen molar-refractivity contribution in [3.8, 4) is 34.0 Å². The predicted octanol–water partition coefficient (Wildman–Crippen LogP) is 5.86. The summed E-state index contributed by atoms with van der Waals surface area (Å²) in [5, 5.41) is 21.4. The second kappa shape index (κ2) is 10.6. The van der Waals surface area contributed by atoms with Gasteiger partial charge in [-0.2, -0.15) is 0 Å². The molecule has 1 N–H and O–H groups in total. The van der Waals surface area contributed by atoms with Crippen molar-refractivity contribution < 1.29 is 29.0 Å². The van der Waals surface area contributed by atoms with E-state index in [1.165, 1.54) is 0 Å². The summed E-state index contributed by atoms with van der Waals surface area (Å²) in [6.07, 6.45) is 1.81. The molecular formula is C40H25LiN3O+. The zero-order chi connectivity index (χ0) is 29.2. The molecule has 0 spiro atoms. The van der Waals surface area contributed by atoms with Crippen LogP contribution in [0.2, 0.25) is 0 Å². The third-order valence-electron chi connectivity index (χ3n) is 8.78. The van der Waals surface area contributed by atoms with E-state index in [1.54, 1.807) is 0 Å². The standard InChI is InChI=1S/C40H25N3O.Li/c44-39-33(20-19-25-11-9-23-41-38(25)39)37-28-14-5-4-10-26(28)24-34-29-15-8-16-32(30(29)21-22-31(34)37)40-42-35-17-6-7-18-36(35)43(40)27-12-2-1-3-13-27;/h1-24,44H;/q;+1. The molecule has 0 amide bonds. The maximum atomic E-state index is 13.9. The number of pyridine rings is 1. The van der Waals surface area contributed by atoms with E-state index in [1.807, 2.05) is 48.7 Å². The van der Waals surface area contributed by atoms with E-state index in [2.05, 4.69) is 107 Å². The summed E-state index contributed by atoms with van der Waals surface area (Å²) in [4.78, 5) is 8.35. The minimum absolute atomic E-state index is 0. The SMILES string of the molecule is [Li+].[O-]c1c(-c2c3ccccc3cc3c2ccc2c(-c4nc5ccccc5n4-c4ccccc4)cccc23)ccc2ccc[nH+]c12. The maximum Gasteiger partial charge on any atom is 1.00 e. The van der Waals surface area contributed by atoms with Gasteiger partial charge in [0, 0.05) is 22.7 Å². The first-order valence-corrected chi connectivity index (χ1v) is 14.8. The molecule has 2 aromatic heterocycles. The largest absolute Gasteiger partial charge is 1.00 e. The Hall–Kier alpha value is -5.40. The number of benzene rings is 7. The first-order chi connectivity index (χ1) is 21.8. The molecule has 45 heavy (non-hydrogen) atoms. The number of nitrogens with zero attached hydrogens (tertiary/aromatic N) is 2. The molecule has 0 atom stereocenters. The minimum Gasteiger partial charge on any atom is -0.868 e. The fourth-order valence-corrected chi connectivity index (χ4v) is 6.80. The quantitative estimate of drug-likeness (QED) is 0.152. The number of fused-ring (bicyclic) bond motifs is 6. The number of hydrogen-bond donors (Lipinski definition) is 0. The van der Waals surface area contributed by atoms with Crippen LogP contribution in [0.1, 0.15) is 0 Å². The number of aromatic nitrogens is 3. The van der Waals surface area contributed by atoms with Crippen LogP contribution in [0.25, 0.3) is 82.5 Å². The van der Waals surface area contributed by atoms with Gasteiger partial charge >= 0.3 is 18.9 Å².